The minimum absolute atomic E-state index is 0.0509. The molecule has 0 aromatic carbocycles. The first-order chi connectivity index (χ1) is 5.34. The van der Waals surface area contributed by atoms with Gasteiger partial charge in [-0.25, -0.2) is 0 Å². The lowest BCUT2D eigenvalue weighted by atomic mass is 10.4. The monoisotopic (exact) mass is 241 g/mol. The van der Waals surface area contributed by atoms with Gasteiger partial charge in [0.2, 0.25) is 0 Å². The number of hydrogen-bond acceptors (Lipinski definition) is 1. The van der Waals surface area contributed by atoms with E-state index in [1.807, 2.05) is 0 Å². The third-order valence-corrected chi connectivity index (χ3v) is 2.35. The molecule has 0 N–H and O–H groups in total. The lowest BCUT2D eigenvalue weighted by molar-refractivity contribution is -0.142. The fraction of sp³-hybridized carbons (Fsp3) is 0.333. The van der Waals surface area contributed by atoms with Gasteiger partial charge in [0.15, 0.2) is 5.69 Å². The molecule has 0 atom stereocenters. The van der Waals surface area contributed by atoms with Gasteiger partial charge in [-0.1, -0.05) is 0 Å². The SMILES string of the molecule is [CH2]n1nc(C(F)(F)F)c(Br)c1C. The standard InChI is InChI=1S/C6H5BrF3N2/c1-3-4(7)5(6(8,9)10)11-12(3)2/h2H2,1H3. The van der Waals surface area contributed by atoms with Gasteiger partial charge < -0.3 is 0 Å². The summed E-state index contributed by atoms with van der Waals surface area (Å²) in [7, 11) is 3.29. The molecule has 0 unspecified atom stereocenters. The van der Waals surface area contributed by atoms with Gasteiger partial charge in [0, 0.05) is 0 Å². The normalized spacial score (nSPS) is 12.2. The van der Waals surface area contributed by atoms with Crippen LogP contribution in [0.3, 0.4) is 0 Å². The summed E-state index contributed by atoms with van der Waals surface area (Å²) >= 11 is 2.79. The van der Waals surface area contributed by atoms with Crippen molar-refractivity contribution < 1.29 is 13.2 Å². The van der Waals surface area contributed by atoms with Gasteiger partial charge in [0.1, 0.15) is 0 Å². The zero-order chi connectivity index (χ0) is 9.52. The molecule has 0 aliphatic carbocycles. The lowest BCUT2D eigenvalue weighted by Crippen LogP contribution is -2.07. The number of nitrogens with zero attached hydrogens (tertiary/aromatic N) is 2. The second kappa shape index (κ2) is 2.76. The predicted octanol–water partition coefficient (Wildman–Crippen LogP) is 2.61. The van der Waals surface area contributed by atoms with Crippen molar-refractivity contribution in [3.05, 3.63) is 22.9 Å². The van der Waals surface area contributed by atoms with Crippen LogP contribution in [0.1, 0.15) is 11.4 Å². The van der Waals surface area contributed by atoms with E-state index in [-0.39, 0.29) is 4.47 Å². The molecule has 1 rings (SSSR count). The fourth-order valence-electron chi connectivity index (χ4n) is 0.705. The third kappa shape index (κ3) is 1.48. The van der Waals surface area contributed by atoms with Gasteiger partial charge in [-0.2, -0.15) is 18.3 Å². The number of hydrogen-bond donors (Lipinski definition) is 0. The van der Waals surface area contributed by atoms with Crippen LogP contribution in [-0.4, -0.2) is 9.78 Å². The third-order valence-electron chi connectivity index (χ3n) is 1.40. The van der Waals surface area contributed by atoms with E-state index in [0.29, 0.717) is 5.69 Å². The highest BCUT2D eigenvalue weighted by Crippen LogP contribution is 2.35. The van der Waals surface area contributed by atoms with Crippen LogP contribution < -0.4 is 0 Å². The van der Waals surface area contributed by atoms with Crippen molar-refractivity contribution in [1.82, 2.24) is 9.78 Å². The molecule has 0 aliphatic rings. The van der Waals surface area contributed by atoms with Crippen LogP contribution in [0, 0.1) is 14.0 Å². The second-order valence-corrected chi connectivity index (χ2v) is 3.04. The van der Waals surface area contributed by atoms with Crippen LogP contribution in [0.4, 0.5) is 13.2 Å². The molecule has 67 valence electrons. The maximum atomic E-state index is 12.1. The largest absolute Gasteiger partial charge is 0.436 e. The molecule has 1 aromatic heterocycles. The molecule has 1 heterocycles. The molecule has 0 amide bonds. The minimum Gasteiger partial charge on any atom is -0.266 e. The van der Waals surface area contributed by atoms with Gasteiger partial charge in [0.25, 0.3) is 0 Å². The molecule has 0 aliphatic heterocycles. The first-order valence-corrected chi connectivity index (χ1v) is 3.76. The Bertz CT molecular complexity index is 302. The first kappa shape index (κ1) is 9.57. The molecule has 0 saturated carbocycles. The summed E-state index contributed by atoms with van der Waals surface area (Å²) in [5.74, 6) is 0. The van der Waals surface area contributed by atoms with E-state index >= 15 is 0 Å². The van der Waals surface area contributed by atoms with Crippen molar-refractivity contribution in [1.29, 1.82) is 0 Å². The van der Waals surface area contributed by atoms with Gasteiger partial charge in [-0.15, -0.1) is 0 Å². The summed E-state index contributed by atoms with van der Waals surface area (Å²) in [5.41, 5.74) is -0.586. The summed E-state index contributed by atoms with van der Waals surface area (Å²) < 4.78 is 37.2. The topological polar surface area (TPSA) is 17.8 Å². The van der Waals surface area contributed by atoms with E-state index in [2.05, 4.69) is 28.1 Å². The average molecular weight is 242 g/mol. The zero-order valence-electron chi connectivity index (χ0n) is 6.11. The van der Waals surface area contributed by atoms with Crippen LogP contribution in [0.25, 0.3) is 0 Å². The Morgan fingerprint density at radius 1 is 1.50 bits per heavy atom. The zero-order valence-corrected chi connectivity index (χ0v) is 7.70. The molecule has 0 fully saturated rings. The van der Waals surface area contributed by atoms with E-state index in [1.165, 1.54) is 6.92 Å². The average Bonchev–Trinajstić information content (AvgIpc) is 2.15. The Morgan fingerprint density at radius 2 is 2.00 bits per heavy atom. The van der Waals surface area contributed by atoms with E-state index in [4.69, 9.17) is 0 Å². The Morgan fingerprint density at radius 3 is 2.17 bits per heavy atom. The van der Waals surface area contributed by atoms with Crippen molar-refractivity contribution in [3.8, 4) is 0 Å². The molecule has 2 nitrogen and oxygen atoms in total. The maximum Gasteiger partial charge on any atom is 0.436 e. The van der Waals surface area contributed by atoms with Gasteiger partial charge in [-0.3, -0.25) is 4.68 Å². The predicted molar refractivity (Wildman–Crippen MR) is 40.4 cm³/mol. The Hall–Kier alpha value is -0.520. The molecule has 0 spiro atoms. The molecule has 0 bridgehead atoms. The highest BCUT2D eigenvalue weighted by atomic mass is 79.9. The van der Waals surface area contributed by atoms with Crippen molar-refractivity contribution in [2.45, 2.75) is 13.1 Å². The van der Waals surface area contributed by atoms with Crippen molar-refractivity contribution in [3.63, 3.8) is 0 Å². The number of halogens is 4. The highest BCUT2D eigenvalue weighted by molar-refractivity contribution is 9.10. The highest BCUT2D eigenvalue weighted by Gasteiger charge is 2.37. The number of alkyl halides is 3. The molecular formula is C6H5BrF3N2. The molecule has 1 aromatic rings. The summed E-state index contributed by atoms with van der Waals surface area (Å²) in [4.78, 5) is 0. The maximum absolute atomic E-state index is 12.1. The summed E-state index contributed by atoms with van der Waals surface area (Å²) in [5, 5.41) is 3.21. The molecule has 6 heteroatoms. The van der Waals surface area contributed by atoms with Crippen LogP contribution >= 0.6 is 15.9 Å². The van der Waals surface area contributed by atoms with E-state index in [9.17, 15) is 13.2 Å². The van der Waals surface area contributed by atoms with Crippen molar-refractivity contribution in [2.75, 3.05) is 0 Å². The van der Waals surface area contributed by atoms with E-state index in [1.54, 1.807) is 0 Å². The number of rotatable bonds is 0. The van der Waals surface area contributed by atoms with Crippen LogP contribution in [-0.2, 0) is 6.18 Å². The Kier molecular flexibility index (Phi) is 2.20. The molecular weight excluding hydrogens is 237 g/mol. The van der Waals surface area contributed by atoms with Crippen molar-refractivity contribution in [2.24, 2.45) is 0 Å². The molecule has 12 heavy (non-hydrogen) atoms. The van der Waals surface area contributed by atoms with Crippen LogP contribution in [0.2, 0.25) is 0 Å². The summed E-state index contributed by atoms with van der Waals surface area (Å²) in [6.07, 6.45) is -4.42. The Labute approximate surface area is 75.5 Å². The van der Waals surface area contributed by atoms with Crippen molar-refractivity contribution >= 4 is 15.9 Å². The second-order valence-electron chi connectivity index (χ2n) is 2.25. The first-order valence-electron chi connectivity index (χ1n) is 2.97. The fourth-order valence-corrected chi connectivity index (χ4v) is 1.21. The van der Waals surface area contributed by atoms with E-state index < -0.39 is 11.9 Å². The smallest absolute Gasteiger partial charge is 0.266 e. The molecule has 0 saturated heterocycles. The quantitative estimate of drug-likeness (QED) is 0.683. The summed E-state index contributed by atoms with van der Waals surface area (Å²) in [6.45, 7) is 1.50. The lowest BCUT2D eigenvalue weighted by Gasteiger charge is -2.00. The van der Waals surface area contributed by atoms with E-state index in [0.717, 1.165) is 4.68 Å². The number of aromatic nitrogens is 2. The van der Waals surface area contributed by atoms with Gasteiger partial charge >= 0.3 is 6.18 Å². The van der Waals surface area contributed by atoms with Gasteiger partial charge in [-0.05, 0) is 22.9 Å². The molecule has 1 radical (unpaired) electrons. The van der Waals surface area contributed by atoms with Gasteiger partial charge in [0.05, 0.1) is 17.2 Å². The minimum atomic E-state index is -4.42. The van der Waals surface area contributed by atoms with Crippen LogP contribution in [0.5, 0.6) is 0 Å². The summed E-state index contributed by atoms with van der Waals surface area (Å²) in [6, 6.07) is 0. The van der Waals surface area contributed by atoms with Crippen LogP contribution in [0.15, 0.2) is 4.47 Å². The Balaban J connectivity index is 3.28.